The third-order valence-electron chi connectivity index (χ3n) is 4.87. The summed E-state index contributed by atoms with van der Waals surface area (Å²) in [5, 5.41) is 9.52. The van der Waals surface area contributed by atoms with Gasteiger partial charge in [0.1, 0.15) is 6.61 Å². The average Bonchev–Trinajstić information content (AvgIpc) is 2.98. The molecule has 2 atom stereocenters. The van der Waals surface area contributed by atoms with E-state index in [4.69, 9.17) is 4.74 Å². The van der Waals surface area contributed by atoms with Gasteiger partial charge in [0.25, 0.3) is 0 Å². The second kappa shape index (κ2) is 5.64. The number of carboxylic acid groups (broad SMARTS) is 1. The van der Waals surface area contributed by atoms with Gasteiger partial charge in [0.15, 0.2) is 11.6 Å². The van der Waals surface area contributed by atoms with Gasteiger partial charge in [0.2, 0.25) is 0 Å². The maximum atomic E-state index is 13.4. The molecule has 5 heteroatoms. The fraction of sp³-hybridized carbons (Fsp3) is 0.562. The molecule has 0 bridgehead atoms. The predicted molar refractivity (Wildman–Crippen MR) is 75.7 cm³/mol. The second-order valence-corrected chi connectivity index (χ2v) is 6.06. The van der Waals surface area contributed by atoms with E-state index in [1.807, 2.05) is 0 Å². The van der Waals surface area contributed by atoms with Crippen LogP contribution in [0, 0.1) is 17.2 Å². The molecule has 4 nitrogen and oxygen atoms in total. The summed E-state index contributed by atoms with van der Waals surface area (Å²) >= 11 is 0. The summed E-state index contributed by atoms with van der Waals surface area (Å²) in [6.07, 6.45) is 2.78. The Bertz CT molecular complexity index is 536. The summed E-state index contributed by atoms with van der Waals surface area (Å²) in [5.74, 6) is -0.520. The van der Waals surface area contributed by atoms with Crippen molar-refractivity contribution in [2.75, 3.05) is 26.2 Å². The molecular formula is C16H20FNO3. The van der Waals surface area contributed by atoms with E-state index in [1.54, 1.807) is 18.2 Å². The second-order valence-electron chi connectivity index (χ2n) is 6.06. The summed E-state index contributed by atoms with van der Waals surface area (Å²) in [7, 11) is 0. The highest BCUT2D eigenvalue weighted by Gasteiger charge is 2.54. The summed E-state index contributed by atoms with van der Waals surface area (Å²) in [6.45, 7) is 2.42. The Balaban J connectivity index is 1.54. The van der Waals surface area contributed by atoms with Gasteiger partial charge in [0.05, 0.1) is 5.41 Å². The standard InChI is InChI=1S/C16H20FNO3/c17-13-5-1-2-6-14(13)21-9-8-18-10-12-4-3-7-16(12,11-18)15(19)20/h1-2,5-6,12H,3-4,7-11H2,(H,19,20)/t12-,16+/m0/s1. The number of rotatable bonds is 5. The van der Waals surface area contributed by atoms with Gasteiger partial charge in [0, 0.05) is 19.6 Å². The van der Waals surface area contributed by atoms with Crippen molar-refractivity contribution in [3.63, 3.8) is 0 Å². The van der Waals surface area contributed by atoms with Gasteiger partial charge < -0.3 is 9.84 Å². The number of carboxylic acids is 1. The van der Waals surface area contributed by atoms with Crippen molar-refractivity contribution in [2.24, 2.45) is 11.3 Å². The van der Waals surface area contributed by atoms with E-state index in [1.165, 1.54) is 6.07 Å². The fourth-order valence-electron chi connectivity index (χ4n) is 3.76. The van der Waals surface area contributed by atoms with Gasteiger partial charge in [-0.15, -0.1) is 0 Å². The molecule has 3 rings (SSSR count). The number of para-hydroxylation sites is 1. The molecule has 114 valence electrons. The Kier molecular flexibility index (Phi) is 3.85. The Hall–Kier alpha value is -1.62. The lowest BCUT2D eigenvalue weighted by Gasteiger charge is -2.23. The van der Waals surface area contributed by atoms with Crippen molar-refractivity contribution in [3.8, 4) is 5.75 Å². The zero-order chi connectivity index (χ0) is 14.9. The molecule has 0 radical (unpaired) electrons. The largest absolute Gasteiger partial charge is 0.489 e. The van der Waals surface area contributed by atoms with Gasteiger partial charge >= 0.3 is 5.97 Å². The lowest BCUT2D eigenvalue weighted by atomic mass is 9.81. The number of benzene rings is 1. The molecule has 0 unspecified atom stereocenters. The minimum absolute atomic E-state index is 0.253. The first-order valence-corrected chi connectivity index (χ1v) is 7.45. The zero-order valence-corrected chi connectivity index (χ0v) is 11.9. The Labute approximate surface area is 123 Å². The van der Waals surface area contributed by atoms with Crippen molar-refractivity contribution >= 4 is 5.97 Å². The number of nitrogens with zero attached hydrogens (tertiary/aromatic N) is 1. The molecule has 2 fully saturated rings. The summed E-state index contributed by atoms with van der Waals surface area (Å²) in [6, 6.07) is 6.33. The van der Waals surface area contributed by atoms with E-state index < -0.39 is 11.4 Å². The van der Waals surface area contributed by atoms with E-state index in [0.29, 0.717) is 19.7 Å². The van der Waals surface area contributed by atoms with E-state index in [9.17, 15) is 14.3 Å². The van der Waals surface area contributed by atoms with Crippen LogP contribution in [0.4, 0.5) is 4.39 Å². The number of hydrogen-bond acceptors (Lipinski definition) is 3. The predicted octanol–water partition coefficient (Wildman–Crippen LogP) is 2.39. The lowest BCUT2D eigenvalue weighted by Crippen LogP contribution is -2.36. The highest BCUT2D eigenvalue weighted by molar-refractivity contribution is 5.76. The van der Waals surface area contributed by atoms with Crippen LogP contribution < -0.4 is 4.74 Å². The normalized spacial score (nSPS) is 28.5. The molecule has 1 aromatic carbocycles. The molecular weight excluding hydrogens is 273 g/mol. The number of likely N-dealkylation sites (tertiary alicyclic amines) is 1. The average molecular weight is 293 g/mol. The van der Waals surface area contributed by atoms with Crippen molar-refractivity contribution < 1.29 is 19.0 Å². The third-order valence-corrected chi connectivity index (χ3v) is 4.87. The minimum Gasteiger partial charge on any atom is -0.489 e. The summed E-state index contributed by atoms with van der Waals surface area (Å²) < 4.78 is 18.9. The number of ether oxygens (including phenoxy) is 1. The van der Waals surface area contributed by atoms with Crippen LogP contribution in [0.1, 0.15) is 19.3 Å². The van der Waals surface area contributed by atoms with Gasteiger partial charge in [-0.2, -0.15) is 0 Å². The maximum Gasteiger partial charge on any atom is 0.311 e. The number of carbonyl (C=O) groups is 1. The molecule has 0 aromatic heterocycles. The van der Waals surface area contributed by atoms with Crippen LogP contribution in [0.3, 0.4) is 0 Å². The van der Waals surface area contributed by atoms with Crippen LogP contribution in [0.2, 0.25) is 0 Å². The first-order chi connectivity index (χ1) is 10.1. The van der Waals surface area contributed by atoms with Crippen molar-refractivity contribution in [1.82, 2.24) is 4.90 Å². The van der Waals surface area contributed by atoms with Crippen LogP contribution in [0.25, 0.3) is 0 Å². The van der Waals surface area contributed by atoms with E-state index in [-0.39, 0.29) is 17.5 Å². The van der Waals surface area contributed by atoms with Gasteiger partial charge in [-0.3, -0.25) is 9.69 Å². The number of hydrogen-bond donors (Lipinski definition) is 1. The molecule has 1 N–H and O–H groups in total. The van der Waals surface area contributed by atoms with Crippen molar-refractivity contribution in [1.29, 1.82) is 0 Å². The molecule has 21 heavy (non-hydrogen) atoms. The summed E-state index contributed by atoms with van der Waals surface area (Å²) in [4.78, 5) is 13.7. The van der Waals surface area contributed by atoms with Crippen molar-refractivity contribution in [2.45, 2.75) is 19.3 Å². The monoisotopic (exact) mass is 293 g/mol. The quantitative estimate of drug-likeness (QED) is 0.905. The number of aliphatic carboxylic acids is 1. The maximum absolute atomic E-state index is 13.4. The molecule has 0 amide bonds. The smallest absolute Gasteiger partial charge is 0.311 e. The summed E-state index contributed by atoms with van der Waals surface area (Å²) in [5.41, 5.74) is -0.558. The molecule has 2 aliphatic rings. The van der Waals surface area contributed by atoms with Crippen LogP contribution in [-0.4, -0.2) is 42.2 Å². The Morgan fingerprint density at radius 2 is 2.29 bits per heavy atom. The number of fused-ring (bicyclic) bond motifs is 1. The molecule has 1 aliphatic carbocycles. The van der Waals surface area contributed by atoms with E-state index in [2.05, 4.69) is 4.90 Å². The van der Waals surface area contributed by atoms with Crippen LogP contribution in [0.5, 0.6) is 5.75 Å². The van der Waals surface area contributed by atoms with Gasteiger partial charge in [-0.25, -0.2) is 4.39 Å². The first kappa shape index (κ1) is 14.3. The molecule has 1 aromatic rings. The van der Waals surface area contributed by atoms with E-state index in [0.717, 1.165) is 25.8 Å². The van der Waals surface area contributed by atoms with Crippen molar-refractivity contribution in [3.05, 3.63) is 30.1 Å². The highest BCUT2D eigenvalue weighted by atomic mass is 19.1. The third kappa shape index (κ3) is 2.62. The SMILES string of the molecule is O=C(O)[C@@]12CCC[C@H]1CN(CCOc1ccccc1F)C2. The molecule has 1 heterocycles. The van der Waals surface area contributed by atoms with E-state index >= 15 is 0 Å². The molecule has 1 saturated heterocycles. The first-order valence-electron chi connectivity index (χ1n) is 7.45. The van der Waals surface area contributed by atoms with Gasteiger partial charge in [-0.05, 0) is 30.9 Å². The highest BCUT2D eigenvalue weighted by Crippen LogP contribution is 2.48. The zero-order valence-electron chi connectivity index (χ0n) is 11.9. The Morgan fingerprint density at radius 1 is 1.48 bits per heavy atom. The van der Waals surface area contributed by atoms with Gasteiger partial charge in [-0.1, -0.05) is 18.6 Å². The molecule has 1 saturated carbocycles. The van der Waals surface area contributed by atoms with Crippen LogP contribution in [-0.2, 0) is 4.79 Å². The van der Waals surface area contributed by atoms with Crippen LogP contribution in [0.15, 0.2) is 24.3 Å². The molecule has 0 spiro atoms. The Morgan fingerprint density at radius 3 is 3.00 bits per heavy atom. The lowest BCUT2D eigenvalue weighted by molar-refractivity contribution is -0.149. The topological polar surface area (TPSA) is 49.8 Å². The van der Waals surface area contributed by atoms with Crippen LogP contribution >= 0.6 is 0 Å². The fourth-order valence-corrected chi connectivity index (χ4v) is 3.76. The molecule has 1 aliphatic heterocycles. The minimum atomic E-state index is -0.664. The number of halogens is 1.